The number of aliphatic hydroxyl groups excluding tert-OH is 1. The number of likely N-dealkylation sites (tertiary alicyclic amines) is 1. The van der Waals surface area contributed by atoms with Gasteiger partial charge in [0.05, 0.1) is 29.2 Å². The van der Waals surface area contributed by atoms with Gasteiger partial charge in [0.15, 0.2) is 0 Å². The SMILES string of the molecule is CC(C)C[C@H](CO)N1C(=O)[C@@H]2[C@H](C(=O)Nc3ccccc3)[C@@H]3CCC2(S3)C1C(=O)NC(C)(C)CC(C)(C)C. The number of para-hydroxylation sites is 1. The Morgan fingerprint density at radius 3 is 2.37 bits per heavy atom. The molecule has 2 bridgehead atoms. The van der Waals surface area contributed by atoms with E-state index in [9.17, 15) is 19.5 Å². The molecule has 3 aliphatic rings. The van der Waals surface area contributed by atoms with Crippen LogP contribution in [0.25, 0.3) is 0 Å². The van der Waals surface area contributed by atoms with Crippen molar-refractivity contribution in [2.75, 3.05) is 11.9 Å². The zero-order valence-electron chi connectivity index (χ0n) is 23.9. The molecule has 6 atom stereocenters. The van der Waals surface area contributed by atoms with Crippen LogP contribution >= 0.6 is 11.8 Å². The highest BCUT2D eigenvalue weighted by atomic mass is 32.2. The minimum absolute atomic E-state index is 0.00891. The number of hydrogen-bond donors (Lipinski definition) is 3. The molecule has 8 heteroatoms. The quantitative estimate of drug-likeness (QED) is 0.427. The van der Waals surface area contributed by atoms with E-state index < -0.39 is 34.2 Å². The van der Waals surface area contributed by atoms with Crippen LogP contribution in [-0.4, -0.2) is 62.0 Å². The molecule has 1 aromatic rings. The van der Waals surface area contributed by atoms with Crippen LogP contribution in [0.5, 0.6) is 0 Å². The van der Waals surface area contributed by atoms with Crippen molar-refractivity contribution in [2.45, 2.75) is 102 Å². The van der Waals surface area contributed by atoms with Gasteiger partial charge in [-0.15, -0.1) is 11.8 Å². The minimum atomic E-state index is -0.723. The molecule has 3 fully saturated rings. The topological polar surface area (TPSA) is 98.7 Å². The first-order valence-electron chi connectivity index (χ1n) is 14.0. The Bertz CT molecular complexity index is 1050. The number of carbonyl (C=O) groups is 3. The first-order chi connectivity index (χ1) is 17.7. The van der Waals surface area contributed by atoms with Gasteiger partial charge in [-0.05, 0) is 63.0 Å². The number of fused-ring (bicyclic) bond motifs is 1. The fourth-order valence-corrected chi connectivity index (χ4v) is 9.63. The summed E-state index contributed by atoms with van der Waals surface area (Å²) in [4.78, 5) is 43.8. The Morgan fingerprint density at radius 2 is 1.79 bits per heavy atom. The van der Waals surface area contributed by atoms with Crippen LogP contribution in [0, 0.1) is 23.2 Å². The van der Waals surface area contributed by atoms with Gasteiger partial charge in [0.2, 0.25) is 17.7 Å². The van der Waals surface area contributed by atoms with E-state index in [1.54, 1.807) is 16.7 Å². The maximum absolute atomic E-state index is 14.3. The van der Waals surface area contributed by atoms with Gasteiger partial charge < -0.3 is 20.6 Å². The molecule has 38 heavy (non-hydrogen) atoms. The third-order valence-corrected chi connectivity index (χ3v) is 10.1. The molecular weight excluding hydrogens is 498 g/mol. The number of anilines is 1. The molecule has 1 spiro atoms. The Morgan fingerprint density at radius 1 is 1.13 bits per heavy atom. The van der Waals surface area contributed by atoms with E-state index in [-0.39, 0.29) is 40.9 Å². The van der Waals surface area contributed by atoms with Crippen molar-refractivity contribution in [1.29, 1.82) is 0 Å². The van der Waals surface area contributed by atoms with Crippen molar-refractivity contribution in [3.63, 3.8) is 0 Å². The summed E-state index contributed by atoms with van der Waals surface area (Å²) >= 11 is 1.66. The zero-order valence-corrected chi connectivity index (χ0v) is 24.7. The normalized spacial score (nSPS) is 29.5. The molecule has 3 saturated heterocycles. The summed E-state index contributed by atoms with van der Waals surface area (Å²) in [7, 11) is 0. The molecular formula is C30H45N3O4S. The van der Waals surface area contributed by atoms with Crippen LogP contribution in [0.3, 0.4) is 0 Å². The Labute approximate surface area is 231 Å². The standard InChI is InChI=1S/C30H45N3O4S/c1-18(2)15-20(16-34)33-24(26(36)32-29(6,7)17-28(3,4)5)30-14-13-21(38-30)22(23(30)27(33)37)25(35)31-19-11-9-8-10-12-19/h8-12,18,20-24,34H,13-17H2,1-7H3,(H,31,35)(H,32,36)/t20-,21+,22-,23+,24?,30?/m1/s1. The molecule has 2 unspecified atom stereocenters. The first kappa shape index (κ1) is 28.9. The lowest BCUT2D eigenvalue weighted by Crippen LogP contribution is -2.60. The first-order valence-corrected chi connectivity index (χ1v) is 14.9. The van der Waals surface area contributed by atoms with Crippen molar-refractivity contribution in [1.82, 2.24) is 10.2 Å². The molecule has 1 aromatic carbocycles. The zero-order chi connectivity index (χ0) is 28.0. The van der Waals surface area contributed by atoms with Gasteiger partial charge in [-0.25, -0.2) is 0 Å². The number of benzene rings is 1. The van der Waals surface area contributed by atoms with Gasteiger partial charge >= 0.3 is 0 Å². The molecule has 4 rings (SSSR count). The number of aliphatic hydroxyl groups is 1. The van der Waals surface area contributed by atoms with Crippen LogP contribution in [0.1, 0.15) is 74.1 Å². The second-order valence-corrected chi connectivity index (χ2v) is 15.3. The third kappa shape index (κ3) is 5.48. The molecule has 3 heterocycles. The van der Waals surface area contributed by atoms with Gasteiger partial charge in [-0.3, -0.25) is 14.4 Å². The van der Waals surface area contributed by atoms with E-state index in [1.165, 1.54) is 0 Å². The third-order valence-electron chi connectivity index (χ3n) is 8.11. The number of thioether (sulfide) groups is 1. The monoisotopic (exact) mass is 543 g/mol. The molecule has 210 valence electrons. The maximum Gasteiger partial charge on any atom is 0.244 e. The molecule has 0 radical (unpaired) electrons. The number of rotatable bonds is 9. The Kier molecular flexibility index (Phi) is 7.99. The number of nitrogens with zero attached hydrogens (tertiary/aromatic N) is 1. The lowest BCUT2D eigenvalue weighted by atomic mass is 9.70. The predicted octanol–water partition coefficient (Wildman–Crippen LogP) is 4.45. The van der Waals surface area contributed by atoms with Crippen molar-refractivity contribution in [3.8, 4) is 0 Å². The van der Waals surface area contributed by atoms with Gasteiger partial charge in [0, 0.05) is 16.5 Å². The van der Waals surface area contributed by atoms with Crippen molar-refractivity contribution >= 4 is 35.2 Å². The van der Waals surface area contributed by atoms with Gasteiger partial charge in [-0.1, -0.05) is 52.8 Å². The molecule has 0 aromatic heterocycles. The molecule has 3 amide bonds. The van der Waals surface area contributed by atoms with Crippen molar-refractivity contribution < 1.29 is 19.5 Å². The molecule has 3 aliphatic heterocycles. The highest BCUT2D eigenvalue weighted by Crippen LogP contribution is 2.66. The highest BCUT2D eigenvalue weighted by molar-refractivity contribution is 8.02. The van der Waals surface area contributed by atoms with Crippen LogP contribution < -0.4 is 10.6 Å². The fraction of sp³-hybridized carbons (Fsp3) is 0.700. The summed E-state index contributed by atoms with van der Waals surface area (Å²) < 4.78 is -0.674. The minimum Gasteiger partial charge on any atom is -0.394 e. The summed E-state index contributed by atoms with van der Waals surface area (Å²) in [6.07, 6.45) is 2.87. The predicted molar refractivity (Wildman–Crippen MR) is 153 cm³/mol. The smallest absolute Gasteiger partial charge is 0.244 e. The summed E-state index contributed by atoms with van der Waals surface area (Å²) in [5.41, 5.74) is 0.236. The van der Waals surface area contributed by atoms with Crippen LogP contribution in [0.2, 0.25) is 0 Å². The lowest BCUT2D eigenvalue weighted by Gasteiger charge is -2.40. The van der Waals surface area contributed by atoms with E-state index in [0.29, 0.717) is 18.5 Å². The fourth-order valence-electron chi connectivity index (χ4n) is 7.42. The molecule has 3 N–H and O–H groups in total. The summed E-state index contributed by atoms with van der Waals surface area (Å²) in [5, 5.41) is 16.7. The van der Waals surface area contributed by atoms with Gasteiger partial charge in [-0.2, -0.15) is 0 Å². The molecule has 0 aliphatic carbocycles. The second-order valence-electron chi connectivity index (χ2n) is 13.7. The summed E-state index contributed by atoms with van der Waals surface area (Å²) in [6, 6.07) is 8.12. The van der Waals surface area contributed by atoms with E-state index >= 15 is 0 Å². The van der Waals surface area contributed by atoms with E-state index in [1.807, 2.05) is 44.2 Å². The highest BCUT2D eigenvalue weighted by Gasteiger charge is 2.74. The lowest BCUT2D eigenvalue weighted by molar-refractivity contribution is -0.143. The van der Waals surface area contributed by atoms with Crippen LogP contribution in [0.15, 0.2) is 30.3 Å². The number of nitrogens with one attached hydrogen (secondary N) is 2. The van der Waals surface area contributed by atoms with Gasteiger partial charge in [0.1, 0.15) is 6.04 Å². The number of carbonyl (C=O) groups excluding carboxylic acids is 3. The van der Waals surface area contributed by atoms with Gasteiger partial charge in [0.25, 0.3) is 0 Å². The molecule has 7 nitrogen and oxygen atoms in total. The Balaban J connectivity index is 1.70. The van der Waals surface area contributed by atoms with Crippen molar-refractivity contribution in [2.24, 2.45) is 23.2 Å². The second kappa shape index (κ2) is 10.5. The van der Waals surface area contributed by atoms with Crippen LogP contribution in [0.4, 0.5) is 5.69 Å². The summed E-state index contributed by atoms with van der Waals surface area (Å²) in [5.74, 6) is -1.36. The summed E-state index contributed by atoms with van der Waals surface area (Å²) in [6.45, 7) is 14.4. The largest absolute Gasteiger partial charge is 0.394 e. The molecule has 0 saturated carbocycles. The number of hydrogen-bond acceptors (Lipinski definition) is 5. The average molecular weight is 544 g/mol. The average Bonchev–Trinajstić information content (AvgIpc) is 3.43. The van der Waals surface area contributed by atoms with E-state index in [2.05, 4.69) is 45.3 Å². The maximum atomic E-state index is 14.3. The van der Waals surface area contributed by atoms with Crippen LogP contribution in [-0.2, 0) is 14.4 Å². The van der Waals surface area contributed by atoms with Crippen molar-refractivity contribution in [3.05, 3.63) is 30.3 Å². The van der Waals surface area contributed by atoms with E-state index in [0.717, 1.165) is 12.8 Å². The number of amides is 3. The Hall–Kier alpha value is -2.06. The van der Waals surface area contributed by atoms with E-state index in [4.69, 9.17) is 0 Å².